The van der Waals surface area contributed by atoms with Crippen LogP contribution in [0.25, 0.3) is 0 Å². The second-order valence-corrected chi connectivity index (χ2v) is 7.40. The van der Waals surface area contributed by atoms with Crippen LogP contribution in [-0.4, -0.2) is 42.1 Å². The summed E-state index contributed by atoms with van der Waals surface area (Å²) in [5, 5.41) is 3.13. The molecule has 0 spiro atoms. The van der Waals surface area contributed by atoms with Crippen LogP contribution in [0.5, 0.6) is 0 Å². The van der Waals surface area contributed by atoms with Gasteiger partial charge in [-0.15, -0.1) is 0 Å². The van der Waals surface area contributed by atoms with Gasteiger partial charge >= 0.3 is 6.03 Å². The molecule has 2 amide bonds. The van der Waals surface area contributed by atoms with E-state index in [0.29, 0.717) is 12.5 Å². The normalized spacial score (nSPS) is 22.3. The third kappa shape index (κ3) is 4.04. The maximum atomic E-state index is 13.1. The van der Waals surface area contributed by atoms with Gasteiger partial charge in [0.1, 0.15) is 5.82 Å². The van der Waals surface area contributed by atoms with E-state index < -0.39 is 0 Å². The first-order valence-corrected chi connectivity index (χ1v) is 9.65. The molecule has 2 fully saturated rings. The number of benzene rings is 1. The minimum atomic E-state index is -0.212. The Balaban J connectivity index is 1.30. The van der Waals surface area contributed by atoms with Gasteiger partial charge < -0.3 is 15.1 Å². The Morgan fingerprint density at radius 3 is 2.67 bits per heavy atom. The fourth-order valence-electron chi connectivity index (χ4n) is 4.16. The van der Waals surface area contributed by atoms with Crippen molar-refractivity contribution in [2.75, 3.05) is 31.1 Å². The lowest BCUT2D eigenvalue weighted by atomic mass is 10.1. The van der Waals surface area contributed by atoms with E-state index >= 15 is 0 Å². The summed E-state index contributed by atoms with van der Waals surface area (Å²) in [5.41, 5.74) is 2.20. The summed E-state index contributed by atoms with van der Waals surface area (Å²) in [6.45, 7) is 3.30. The van der Waals surface area contributed by atoms with Crippen LogP contribution in [0, 0.1) is 11.7 Å². The first-order chi connectivity index (χ1) is 13.2. The fraction of sp³-hybridized carbons (Fsp3) is 0.429. The molecule has 0 aliphatic carbocycles. The van der Waals surface area contributed by atoms with Gasteiger partial charge in [0.15, 0.2) is 0 Å². The van der Waals surface area contributed by atoms with Crippen molar-refractivity contribution in [2.24, 2.45) is 5.92 Å². The van der Waals surface area contributed by atoms with Crippen LogP contribution < -0.4 is 10.2 Å². The van der Waals surface area contributed by atoms with Gasteiger partial charge in [-0.3, -0.25) is 4.98 Å². The first kappa shape index (κ1) is 17.8. The minimum Gasteiger partial charge on any atom is -0.371 e. The molecule has 0 bridgehead atoms. The van der Waals surface area contributed by atoms with Crippen molar-refractivity contribution in [1.29, 1.82) is 0 Å². The number of pyridine rings is 1. The summed E-state index contributed by atoms with van der Waals surface area (Å²) in [6, 6.07) is 10.8. The summed E-state index contributed by atoms with van der Waals surface area (Å²) in [7, 11) is 0. The molecule has 27 heavy (non-hydrogen) atoms. The number of nitrogens with one attached hydrogen (secondary N) is 1. The zero-order valence-corrected chi connectivity index (χ0v) is 15.4. The largest absolute Gasteiger partial charge is 0.371 e. The van der Waals surface area contributed by atoms with Crippen molar-refractivity contribution in [3.63, 3.8) is 0 Å². The second-order valence-electron chi connectivity index (χ2n) is 7.40. The number of hydrogen-bond acceptors (Lipinski definition) is 3. The van der Waals surface area contributed by atoms with Gasteiger partial charge in [0.25, 0.3) is 0 Å². The molecule has 2 atom stereocenters. The number of carbonyl (C=O) groups is 1. The summed E-state index contributed by atoms with van der Waals surface area (Å²) in [5.74, 6) is 0.206. The lowest BCUT2D eigenvalue weighted by Gasteiger charge is -2.26. The number of nitrogens with zero attached hydrogens (tertiary/aromatic N) is 3. The van der Waals surface area contributed by atoms with Crippen LogP contribution in [0.3, 0.4) is 0 Å². The lowest BCUT2D eigenvalue weighted by Crippen LogP contribution is -2.41. The highest BCUT2D eigenvalue weighted by molar-refractivity contribution is 5.75. The number of amides is 2. The molecule has 2 aliphatic heterocycles. The Kier molecular flexibility index (Phi) is 5.23. The third-order valence-corrected chi connectivity index (χ3v) is 5.62. The number of anilines is 1. The molecule has 0 radical (unpaired) electrons. The van der Waals surface area contributed by atoms with Crippen molar-refractivity contribution >= 4 is 11.7 Å². The molecular weight excluding hydrogens is 343 g/mol. The van der Waals surface area contributed by atoms with E-state index in [9.17, 15) is 9.18 Å². The van der Waals surface area contributed by atoms with Crippen LogP contribution in [0.4, 0.5) is 14.9 Å². The van der Waals surface area contributed by atoms with Crippen molar-refractivity contribution in [3.8, 4) is 0 Å². The van der Waals surface area contributed by atoms with Gasteiger partial charge in [0.2, 0.25) is 0 Å². The van der Waals surface area contributed by atoms with Crippen LogP contribution >= 0.6 is 0 Å². The second kappa shape index (κ2) is 7.94. The molecule has 3 heterocycles. The van der Waals surface area contributed by atoms with Crippen molar-refractivity contribution in [1.82, 2.24) is 15.2 Å². The Hall–Kier alpha value is -2.63. The Morgan fingerprint density at radius 2 is 1.89 bits per heavy atom. The Labute approximate surface area is 159 Å². The molecule has 0 unspecified atom stereocenters. The maximum Gasteiger partial charge on any atom is 0.317 e. The number of aromatic nitrogens is 1. The summed E-state index contributed by atoms with van der Waals surface area (Å²) in [6.07, 6.45) is 6.63. The topological polar surface area (TPSA) is 48.5 Å². The molecule has 1 N–H and O–H groups in total. The molecule has 2 saturated heterocycles. The van der Waals surface area contributed by atoms with Gasteiger partial charge in [-0.2, -0.15) is 0 Å². The summed E-state index contributed by atoms with van der Waals surface area (Å²) in [4.78, 5) is 21.0. The van der Waals surface area contributed by atoms with Gasteiger partial charge in [-0.25, -0.2) is 9.18 Å². The van der Waals surface area contributed by atoms with Crippen LogP contribution in [-0.2, 0) is 0 Å². The highest BCUT2D eigenvalue weighted by atomic mass is 19.1. The van der Waals surface area contributed by atoms with Crippen molar-refractivity contribution in [2.45, 2.75) is 25.3 Å². The number of carbonyl (C=O) groups excluding carboxylic acids is 1. The molecular formula is C21H25FN4O. The maximum absolute atomic E-state index is 13.1. The van der Waals surface area contributed by atoms with E-state index in [-0.39, 0.29) is 17.9 Å². The monoisotopic (exact) mass is 368 g/mol. The standard InChI is InChI=1S/C21H25FN4O/c22-18-3-5-19(6-4-18)25-13-9-16(15-25)14-24-21(27)26-12-1-2-20(26)17-7-10-23-11-8-17/h3-8,10-11,16,20H,1-2,9,12-15H2,(H,24,27)/t16-,20-/m0/s1. The van der Waals surface area contributed by atoms with E-state index in [2.05, 4.69) is 15.2 Å². The number of urea groups is 1. The Bertz CT molecular complexity index is 768. The van der Waals surface area contributed by atoms with E-state index in [1.807, 2.05) is 29.2 Å². The average molecular weight is 368 g/mol. The molecule has 2 aromatic rings. The quantitative estimate of drug-likeness (QED) is 0.897. The zero-order valence-electron chi connectivity index (χ0n) is 15.4. The molecule has 5 nitrogen and oxygen atoms in total. The van der Waals surface area contributed by atoms with Crippen molar-refractivity contribution in [3.05, 3.63) is 60.2 Å². The van der Waals surface area contributed by atoms with Crippen molar-refractivity contribution < 1.29 is 9.18 Å². The molecule has 1 aromatic heterocycles. The predicted molar refractivity (Wildman–Crippen MR) is 103 cm³/mol. The molecule has 1 aromatic carbocycles. The van der Waals surface area contributed by atoms with Gasteiger partial charge in [0, 0.05) is 44.3 Å². The molecule has 2 aliphatic rings. The van der Waals surface area contributed by atoms with Crippen LogP contribution in [0.15, 0.2) is 48.8 Å². The number of halogens is 1. The van der Waals surface area contributed by atoms with Gasteiger partial charge in [-0.05, 0) is 67.1 Å². The number of hydrogen-bond donors (Lipinski definition) is 1. The molecule has 4 rings (SSSR count). The number of rotatable bonds is 4. The first-order valence-electron chi connectivity index (χ1n) is 9.65. The minimum absolute atomic E-state index is 0.0227. The Morgan fingerprint density at radius 1 is 1.11 bits per heavy atom. The fourth-order valence-corrected chi connectivity index (χ4v) is 4.16. The van der Waals surface area contributed by atoms with E-state index in [1.165, 1.54) is 12.1 Å². The zero-order chi connectivity index (χ0) is 18.6. The van der Waals surface area contributed by atoms with Gasteiger partial charge in [-0.1, -0.05) is 0 Å². The number of likely N-dealkylation sites (tertiary alicyclic amines) is 1. The SMILES string of the molecule is O=C(NC[C@@H]1CCN(c2ccc(F)cc2)C1)N1CCC[C@H]1c1ccncc1. The third-order valence-electron chi connectivity index (χ3n) is 5.62. The lowest BCUT2D eigenvalue weighted by molar-refractivity contribution is 0.191. The molecule has 142 valence electrons. The summed E-state index contributed by atoms with van der Waals surface area (Å²) < 4.78 is 13.1. The molecule has 0 saturated carbocycles. The highest BCUT2D eigenvalue weighted by Crippen LogP contribution is 2.31. The van der Waals surface area contributed by atoms with E-state index in [0.717, 1.165) is 50.1 Å². The smallest absolute Gasteiger partial charge is 0.317 e. The predicted octanol–water partition coefficient (Wildman–Crippen LogP) is 3.59. The highest BCUT2D eigenvalue weighted by Gasteiger charge is 2.31. The van der Waals surface area contributed by atoms with E-state index in [1.54, 1.807) is 12.4 Å². The summed E-state index contributed by atoms with van der Waals surface area (Å²) >= 11 is 0. The van der Waals surface area contributed by atoms with E-state index in [4.69, 9.17) is 0 Å². The van der Waals surface area contributed by atoms with Crippen LogP contribution in [0.1, 0.15) is 30.9 Å². The average Bonchev–Trinajstić information content (AvgIpc) is 3.37. The molecule has 6 heteroatoms. The van der Waals surface area contributed by atoms with Crippen LogP contribution in [0.2, 0.25) is 0 Å². The van der Waals surface area contributed by atoms with Gasteiger partial charge in [0.05, 0.1) is 6.04 Å².